The molecule has 0 aliphatic carbocycles. The van der Waals surface area contributed by atoms with Gasteiger partial charge in [0.1, 0.15) is 18.0 Å². The number of hydrogen-bond donors (Lipinski definition) is 1. The Morgan fingerprint density at radius 2 is 1.67 bits per heavy atom. The summed E-state index contributed by atoms with van der Waals surface area (Å²) < 4.78 is 10.9. The van der Waals surface area contributed by atoms with Crippen molar-refractivity contribution in [3.8, 4) is 5.75 Å². The Morgan fingerprint density at radius 1 is 0.977 bits per heavy atom. The number of nitro groups is 2. The zero-order valence-corrected chi connectivity index (χ0v) is 23.8. The van der Waals surface area contributed by atoms with Gasteiger partial charge in [0.2, 0.25) is 5.91 Å². The smallest absolute Gasteiger partial charge is 0.307 e. The first-order valence-corrected chi connectivity index (χ1v) is 12.9. The van der Waals surface area contributed by atoms with Gasteiger partial charge < -0.3 is 19.7 Å². The summed E-state index contributed by atoms with van der Waals surface area (Å²) in [6.07, 6.45) is 0.0456. The third-order valence-corrected chi connectivity index (χ3v) is 5.86. The number of anilines is 2. The second kappa shape index (κ2) is 14.8. The first-order chi connectivity index (χ1) is 20.5. The lowest BCUT2D eigenvalue weighted by Gasteiger charge is -2.27. The van der Waals surface area contributed by atoms with Crippen molar-refractivity contribution < 1.29 is 28.9 Å². The maximum atomic E-state index is 12.4. The molecule has 3 rings (SSSR count). The van der Waals surface area contributed by atoms with E-state index in [1.165, 1.54) is 20.1 Å². The fourth-order valence-corrected chi connectivity index (χ4v) is 3.90. The molecule has 0 aromatic heterocycles. The first kappa shape index (κ1) is 31.9. The molecule has 0 saturated heterocycles. The number of azo groups is 1. The normalized spacial score (nSPS) is 10.7. The Labute approximate surface area is 246 Å². The van der Waals surface area contributed by atoms with E-state index >= 15 is 0 Å². The van der Waals surface area contributed by atoms with Crippen LogP contribution in [0.3, 0.4) is 0 Å². The van der Waals surface area contributed by atoms with E-state index in [0.29, 0.717) is 23.6 Å². The lowest BCUT2D eigenvalue weighted by atomic mass is 10.1. The van der Waals surface area contributed by atoms with Crippen LogP contribution >= 0.6 is 0 Å². The van der Waals surface area contributed by atoms with E-state index in [-0.39, 0.29) is 36.6 Å². The molecule has 14 heteroatoms. The van der Waals surface area contributed by atoms with Crippen molar-refractivity contribution in [3.63, 3.8) is 0 Å². The third kappa shape index (κ3) is 9.18. The molecule has 0 bridgehead atoms. The van der Waals surface area contributed by atoms with E-state index in [0.717, 1.165) is 23.8 Å². The molecule has 0 radical (unpaired) electrons. The summed E-state index contributed by atoms with van der Waals surface area (Å²) in [6, 6.07) is 15.6. The van der Waals surface area contributed by atoms with Crippen LogP contribution in [0.15, 0.2) is 83.0 Å². The summed E-state index contributed by atoms with van der Waals surface area (Å²) in [5, 5.41) is 33.3. The van der Waals surface area contributed by atoms with Crippen molar-refractivity contribution in [2.45, 2.75) is 26.8 Å². The van der Waals surface area contributed by atoms with Gasteiger partial charge in [0, 0.05) is 32.1 Å². The van der Waals surface area contributed by atoms with Gasteiger partial charge in [-0.3, -0.25) is 29.8 Å². The highest BCUT2D eigenvalue weighted by molar-refractivity contribution is 5.94. The number of amides is 1. The van der Waals surface area contributed by atoms with Gasteiger partial charge in [-0.05, 0) is 30.2 Å². The highest BCUT2D eigenvalue weighted by Crippen LogP contribution is 2.41. The third-order valence-electron chi connectivity index (χ3n) is 5.86. The number of carbonyl (C=O) groups is 2. The molecule has 0 saturated carbocycles. The molecular weight excluding hydrogens is 560 g/mol. The molecule has 224 valence electrons. The average Bonchev–Trinajstić information content (AvgIpc) is 2.97. The second-order valence-electron chi connectivity index (χ2n) is 9.38. The van der Waals surface area contributed by atoms with Crippen LogP contribution in [-0.4, -0.2) is 42.0 Å². The van der Waals surface area contributed by atoms with E-state index < -0.39 is 33.1 Å². The number of non-ortho nitro benzene ring substituents is 1. The van der Waals surface area contributed by atoms with Gasteiger partial charge in [0.15, 0.2) is 5.69 Å². The van der Waals surface area contributed by atoms with Crippen LogP contribution in [0.5, 0.6) is 5.75 Å². The van der Waals surface area contributed by atoms with Crippen LogP contribution in [0, 0.1) is 20.2 Å². The van der Waals surface area contributed by atoms with Crippen molar-refractivity contribution in [3.05, 3.63) is 98.6 Å². The maximum Gasteiger partial charge on any atom is 0.307 e. The summed E-state index contributed by atoms with van der Waals surface area (Å²) in [5.41, 5.74) is 1.15. The van der Waals surface area contributed by atoms with Crippen molar-refractivity contribution in [2.24, 2.45) is 10.2 Å². The molecule has 0 fully saturated rings. The number of hydrogen-bond acceptors (Lipinski definition) is 11. The molecule has 43 heavy (non-hydrogen) atoms. The predicted molar refractivity (Wildman–Crippen MR) is 159 cm³/mol. The number of methoxy groups -OCH3 is 1. The fourth-order valence-electron chi connectivity index (χ4n) is 3.90. The molecule has 0 aliphatic rings. The van der Waals surface area contributed by atoms with Crippen LogP contribution in [0.1, 0.15) is 25.8 Å². The van der Waals surface area contributed by atoms with Gasteiger partial charge >= 0.3 is 11.7 Å². The monoisotopic (exact) mass is 590 g/mol. The SMILES string of the molecule is C=C(C)COC(=O)CCN(Cc1ccccc1)c1cc(NC(C)=O)c(N=Nc2ccc([N+](=O)[O-])cc2[N+](=O)[O-])cc1OC. The van der Waals surface area contributed by atoms with E-state index in [1.54, 1.807) is 13.0 Å². The Morgan fingerprint density at radius 3 is 2.28 bits per heavy atom. The van der Waals surface area contributed by atoms with Gasteiger partial charge in [-0.25, -0.2) is 0 Å². The summed E-state index contributed by atoms with van der Waals surface area (Å²) in [6.45, 7) is 7.50. The van der Waals surface area contributed by atoms with Gasteiger partial charge in [-0.15, -0.1) is 10.2 Å². The van der Waals surface area contributed by atoms with E-state index in [1.807, 2.05) is 35.2 Å². The second-order valence-corrected chi connectivity index (χ2v) is 9.38. The summed E-state index contributed by atoms with van der Waals surface area (Å²) in [7, 11) is 1.43. The van der Waals surface area contributed by atoms with Gasteiger partial charge in [0.25, 0.3) is 5.69 Å². The predicted octanol–water partition coefficient (Wildman–Crippen LogP) is 6.40. The summed E-state index contributed by atoms with van der Waals surface area (Å²) >= 11 is 0. The summed E-state index contributed by atoms with van der Waals surface area (Å²) in [4.78, 5) is 47.4. The number of nitrogens with one attached hydrogen (secondary N) is 1. The number of carbonyl (C=O) groups excluding carboxylic acids is 2. The van der Waals surface area contributed by atoms with Crippen LogP contribution in [0.4, 0.5) is 34.1 Å². The standard InChI is InChI=1S/C29H30N6O8/c1-19(2)18-43-29(37)12-13-33(17-21-8-6-5-7-9-21)27-15-24(30-20(3)36)25(16-28(27)42-4)32-31-23-11-10-22(34(38)39)14-26(23)35(40)41/h5-11,14-16H,1,12-13,17-18H2,2-4H3,(H,30,36). The topological polar surface area (TPSA) is 179 Å². The fraction of sp³-hybridized carbons (Fsp3) is 0.241. The Hall–Kier alpha value is -5.66. The van der Waals surface area contributed by atoms with Crippen LogP contribution in [-0.2, 0) is 20.9 Å². The number of ether oxygens (including phenoxy) is 2. The lowest BCUT2D eigenvalue weighted by Crippen LogP contribution is -2.27. The average molecular weight is 591 g/mol. The van der Waals surface area contributed by atoms with Crippen molar-refractivity contribution in [1.82, 2.24) is 0 Å². The maximum absolute atomic E-state index is 12.4. The van der Waals surface area contributed by atoms with Crippen molar-refractivity contribution in [1.29, 1.82) is 0 Å². The molecule has 3 aromatic rings. The minimum atomic E-state index is -0.803. The molecular formula is C29H30N6O8. The molecule has 0 aliphatic heterocycles. The van der Waals surface area contributed by atoms with Gasteiger partial charge in [-0.2, -0.15) is 0 Å². The van der Waals surface area contributed by atoms with E-state index in [4.69, 9.17) is 9.47 Å². The van der Waals surface area contributed by atoms with Crippen LogP contribution in [0.25, 0.3) is 0 Å². The van der Waals surface area contributed by atoms with Crippen LogP contribution < -0.4 is 15.0 Å². The molecule has 0 spiro atoms. The lowest BCUT2D eigenvalue weighted by molar-refractivity contribution is -0.393. The zero-order chi connectivity index (χ0) is 31.5. The number of rotatable bonds is 14. The molecule has 3 aromatic carbocycles. The van der Waals surface area contributed by atoms with Crippen molar-refractivity contribution in [2.75, 3.05) is 30.5 Å². The molecule has 0 atom stereocenters. The van der Waals surface area contributed by atoms with E-state index in [9.17, 15) is 29.8 Å². The Kier molecular flexibility index (Phi) is 11.0. The van der Waals surface area contributed by atoms with Crippen LogP contribution in [0.2, 0.25) is 0 Å². The Balaban J connectivity index is 2.06. The largest absolute Gasteiger partial charge is 0.494 e. The highest BCUT2D eigenvalue weighted by Gasteiger charge is 2.21. The molecule has 0 unspecified atom stereocenters. The molecule has 14 nitrogen and oxygen atoms in total. The number of esters is 1. The molecule has 1 amide bonds. The molecule has 0 heterocycles. The number of benzene rings is 3. The Bertz CT molecular complexity index is 1560. The minimum absolute atomic E-state index is 0.0456. The first-order valence-electron chi connectivity index (χ1n) is 12.9. The summed E-state index contributed by atoms with van der Waals surface area (Å²) in [5.74, 6) is -0.531. The minimum Gasteiger partial charge on any atom is -0.494 e. The highest BCUT2D eigenvalue weighted by atomic mass is 16.6. The zero-order valence-electron chi connectivity index (χ0n) is 23.8. The van der Waals surface area contributed by atoms with E-state index in [2.05, 4.69) is 22.1 Å². The quantitative estimate of drug-likeness (QED) is 0.0730. The number of nitrogens with zero attached hydrogens (tertiary/aromatic N) is 5. The van der Waals surface area contributed by atoms with Crippen molar-refractivity contribution >= 4 is 46.0 Å². The van der Waals surface area contributed by atoms with Gasteiger partial charge in [0.05, 0.1) is 40.8 Å². The molecule has 1 N–H and O–H groups in total. The number of nitro benzene ring substituents is 2. The van der Waals surface area contributed by atoms with Gasteiger partial charge in [-0.1, -0.05) is 36.9 Å².